The van der Waals surface area contributed by atoms with Crippen LogP contribution in [-0.4, -0.2) is 57.8 Å². The molecule has 1 aliphatic heterocycles. The van der Waals surface area contributed by atoms with E-state index in [-0.39, 0.29) is 17.8 Å². The van der Waals surface area contributed by atoms with Crippen LogP contribution in [0.15, 0.2) is 41.6 Å². The SMILES string of the molecule is COc1ccc(-c2ccc3nnc(SCC(=O)NC[C@H]4CCCO4)n3n2)cc1. The summed E-state index contributed by atoms with van der Waals surface area (Å²) >= 11 is 1.31. The highest BCUT2D eigenvalue weighted by Gasteiger charge is 2.17. The summed E-state index contributed by atoms with van der Waals surface area (Å²) in [5, 5.41) is 16.4. The van der Waals surface area contributed by atoms with Gasteiger partial charge in [0.25, 0.3) is 0 Å². The molecule has 1 aliphatic rings. The van der Waals surface area contributed by atoms with Crippen molar-refractivity contribution in [2.24, 2.45) is 0 Å². The molecule has 28 heavy (non-hydrogen) atoms. The third kappa shape index (κ3) is 4.26. The highest BCUT2D eigenvalue weighted by atomic mass is 32.2. The minimum Gasteiger partial charge on any atom is -0.497 e. The van der Waals surface area contributed by atoms with Gasteiger partial charge >= 0.3 is 0 Å². The van der Waals surface area contributed by atoms with Crippen molar-refractivity contribution in [2.45, 2.75) is 24.1 Å². The standard InChI is InChI=1S/C19H21N5O3S/c1-26-14-6-4-13(5-7-14)16-8-9-17-21-22-19(24(17)23-16)28-12-18(25)20-11-15-3-2-10-27-15/h4-9,15H,2-3,10-12H2,1H3,(H,20,25)/t15-/m1/s1. The number of ether oxygens (including phenoxy) is 2. The van der Waals surface area contributed by atoms with Gasteiger partial charge in [-0.1, -0.05) is 11.8 Å². The van der Waals surface area contributed by atoms with Crippen molar-refractivity contribution in [3.05, 3.63) is 36.4 Å². The minimum absolute atomic E-state index is 0.0523. The van der Waals surface area contributed by atoms with Crippen molar-refractivity contribution < 1.29 is 14.3 Å². The molecule has 146 valence electrons. The largest absolute Gasteiger partial charge is 0.497 e. The van der Waals surface area contributed by atoms with Crippen LogP contribution < -0.4 is 10.1 Å². The van der Waals surface area contributed by atoms with Gasteiger partial charge in [0.1, 0.15) is 5.75 Å². The van der Waals surface area contributed by atoms with Gasteiger partial charge in [0.05, 0.1) is 24.7 Å². The molecule has 4 rings (SSSR count). The Morgan fingerprint density at radius 2 is 2.14 bits per heavy atom. The molecule has 0 aliphatic carbocycles. The normalized spacial score (nSPS) is 16.4. The first-order valence-corrected chi connectivity index (χ1v) is 10.1. The smallest absolute Gasteiger partial charge is 0.230 e. The lowest BCUT2D eigenvalue weighted by atomic mass is 10.1. The Kier molecular flexibility index (Phi) is 5.73. The summed E-state index contributed by atoms with van der Waals surface area (Å²) in [7, 11) is 1.64. The molecule has 1 N–H and O–H groups in total. The number of hydrogen-bond acceptors (Lipinski definition) is 7. The molecule has 1 amide bonds. The number of hydrogen-bond donors (Lipinski definition) is 1. The second-order valence-corrected chi connectivity index (χ2v) is 7.37. The van der Waals surface area contributed by atoms with Crippen molar-refractivity contribution in [2.75, 3.05) is 26.0 Å². The van der Waals surface area contributed by atoms with E-state index in [0.717, 1.165) is 36.5 Å². The van der Waals surface area contributed by atoms with Crippen LogP contribution >= 0.6 is 11.8 Å². The van der Waals surface area contributed by atoms with Crippen LogP contribution in [-0.2, 0) is 9.53 Å². The first-order valence-electron chi connectivity index (χ1n) is 9.11. The van der Waals surface area contributed by atoms with Crippen molar-refractivity contribution in [1.29, 1.82) is 0 Å². The lowest BCUT2D eigenvalue weighted by Gasteiger charge is -2.10. The van der Waals surface area contributed by atoms with Crippen LogP contribution in [0, 0.1) is 0 Å². The van der Waals surface area contributed by atoms with E-state index >= 15 is 0 Å². The molecular formula is C19H21N5O3S. The number of benzene rings is 1. The molecule has 0 spiro atoms. The summed E-state index contributed by atoms with van der Waals surface area (Å²) < 4.78 is 12.4. The summed E-state index contributed by atoms with van der Waals surface area (Å²) in [4.78, 5) is 12.1. The van der Waals surface area contributed by atoms with Gasteiger partial charge in [-0.15, -0.1) is 10.2 Å². The Morgan fingerprint density at radius 1 is 1.29 bits per heavy atom. The molecule has 2 aromatic heterocycles. The Hall–Kier alpha value is -2.65. The van der Waals surface area contributed by atoms with Crippen LogP contribution in [0.4, 0.5) is 0 Å². The summed E-state index contributed by atoms with van der Waals surface area (Å²) in [6.45, 7) is 1.34. The molecule has 1 fully saturated rings. The molecule has 1 atom stereocenters. The number of rotatable bonds is 7. The molecule has 1 aromatic carbocycles. The fourth-order valence-corrected chi connectivity index (χ4v) is 3.71. The molecular weight excluding hydrogens is 378 g/mol. The van der Waals surface area contributed by atoms with Gasteiger partial charge in [-0.3, -0.25) is 4.79 Å². The lowest BCUT2D eigenvalue weighted by Crippen LogP contribution is -2.32. The topological polar surface area (TPSA) is 90.6 Å². The van der Waals surface area contributed by atoms with Crippen molar-refractivity contribution in [3.63, 3.8) is 0 Å². The number of carbonyl (C=O) groups excluding carboxylic acids is 1. The Balaban J connectivity index is 1.42. The van der Waals surface area contributed by atoms with E-state index in [1.54, 1.807) is 11.6 Å². The molecule has 8 nitrogen and oxygen atoms in total. The molecule has 0 saturated carbocycles. The molecule has 3 heterocycles. The Morgan fingerprint density at radius 3 is 2.89 bits per heavy atom. The fourth-order valence-electron chi connectivity index (χ4n) is 2.99. The predicted molar refractivity (Wildman–Crippen MR) is 105 cm³/mol. The zero-order chi connectivity index (χ0) is 19.3. The number of methoxy groups -OCH3 is 1. The maximum Gasteiger partial charge on any atom is 0.230 e. The van der Waals surface area contributed by atoms with Crippen LogP contribution in [0.3, 0.4) is 0 Å². The first-order chi connectivity index (χ1) is 13.7. The summed E-state index contributed by atoms with van der Waals surface area (Å²) in [5.74, 6) is 0.991. The number of carbonyl (C=O) groups is 1. The molecule has 0 bridgehead atoms. The number of thioether (sulfide) groups is 1. The van der Waals surface area contributed by atoms with Crippen LogP contribution in [0.5, 0.6) is 5.75 Å². The maximum absolute atomic E-state index is 12.1. The average molecular weight is 399 g/mol. The Bertz CT molecular complexity index is 954. The van der Waals surface area contributed by atoms with Crippen molar-refractivity contribution >= 4 is 23.3 Å². The molecule has 9 heteroatoms. The molecule has 3 aromatic rings. The average Bonchev–Trinajstić information content (AvgIpc) is 3.40. The first kappa shape index (κ1) is 18.7. The van der Waals surface area contributed by atoms with E-state index in [1.165, 1.54) is 11.8 Å². The Labute approximate surface area is 166 Å². The van der Waals surface area contributed by atoms with Gasteiger partial charge in [-0.2, -0.15) is 9.61 Å². The number of amides is 1. The summed E-state index contributed by atoms with van der Waals surface area (Å²) in [5.41, 5.74) is 2.39. The van der Waals surface area contributed by atoms with Gasteiger partial charge in [0.2, 0.25) is 11.1 Å². The highest BCUT2D eigenvalue weighted by molar-refractivity contribution is 7.99. The van der Waals surface area contributed by atoms with E-state index in [0.29, 0.717) is 17.3 Å². The van der Waals surface area contributed by atoms with Gasteiger partial charge < -0.3 is 14.8 Å². The summed E-state index contributed by atoms with van der Waals surface area (Å²) in [6.07, 6.45) is 2.19. The van der Waals surface area contributed by atoms with Gasteiger partial charge in [0.15, 0.2) is 5.65 Å². The predicted octanol–water partition coefficient (Wildman–Crippen LogP) is 2.19. The fraction of sp³-hybridized carbons (Fsp3) is 0.368. The van der Waals surface area contributed by atoms with E-state index < -0.39 is 0 Å². The molecule has 0 unspecified atom stereocenters. The van der Waals surface area contributed by atoms with Crippen LogP contribution in [0.1, 0.15) is 12.8 Å². The number of nitrogens with zero attached hydrogens (tertiary/aromatic N) is 4. The zero-order valence-corrected chi connectivity index (χ0v) is 16.3. The quantitative estimate of drug-likeness (QED) is 0.609. The lowest BCUT2D eigenvalue weighted by molar-refractivity contribution is -0.119. The van der Waals surface area contributed by atoms with Crippen LogP contribution in [0.2, 0.25) is 0 Å². The minimum atomic E-state index is -0.0523. The number of fused-ring (bicyclic) bond motifs is 1. The second-order valence-electron chi connectivity index (χ2n) is 6.43. The van der Waals surface area contributed by atoms with Gasteiger partial charge in [-0.25, -0.2) is 0 Å². The van der Waals surface area contributed by atoms with E-state index in [1.807, 2.05) is 36.4 Å². The molecule has 0 radical (unpaired) electrons. The van der Waals surface area contributed by atoms with Crippen LogP contribution in [0.25, 0.3) is 16.9 Å². The second kappa shape index (κ2) is 8.57. The third-order valence-electron chi connectivity index (χ3n) is 4.50. The van der Waals surface area contributed by atoms with Gasteiger partial charge in [0, 0.05) is 18.7 Å². The number of nitrogens with one attached hydrogen (secondary N) is 1. The monoisotopic (exact) mass is 399 g/mol. The number of aromatic nitrogens is 4. The van der Waals surface area contributed by atoms with Crippen molar-refractivity contribution in [1.82, 2.24) is 25.1 Å². The summed E-state index contributed by atoms with van der Waals surface area (Å²) in [6, 6.07) is 11.4. The highest BCUT2D eigenvalue weighted by Crippen LogP contribution is 2.22. The van der Waals surface area contributed by atoms with Crippen molar-refractivity contribution in [3.8, 4) is 17.0 Å². The van der Waals surface area contributed by atoms with Gasteiger partial charge in [-0.05, 0) is 49.2 Å². The maximum atomic E-state index is 12.1. The van der Waals surface area contributed by atoms with E-state index in [4.69, 9.17) is 9.47 Å². The molecule has 1 saturated heterocycles. The van der Waals surface area contributed by atoms with E-state index in [2.05, 4.69) is 20.6 Å². The zero-order valence-electron chi connectivity index (χ0n) is 15.5. The third-order valence-corrected chi connectivity index (χ3v) is 5.42. The van der Waals surface area contributed by atoms with E-state index in [9.17, 15) is 4.79 Å².